The smallest absolute Gasteiger partial charge is 0.245 e. The van der Waals surface area contributed by atoms with E-state index in [-0.39, 0.29) is 12.5 Å². The van der Waals surface area contributed by atoms with Gasteiger partial charge in [0.15, 0.2) is 0 Å². The SMILES string of the molecule is CS(=O)(=O)N1CCN(C(=O)C2(N)CCOC2)CC1. The van der Waals surface area contributed by atoms with E-state index in [4.69, 9.17) is 10.5 Å². The third-order valence-corrected chi connectivity index (χ3v) is 4.78. The van der Waals surface area contributed by atoms with E-state index in [9.17, 15) is 13.2 Å². The molecule has 2 N–H and O–H groups in total. The predicted molar refractivity (Wildman–Crippen MR) is 65.4 cm³/mol. The summed E-state index contributed by atoms with van der Waals surface area (Å²) >= 11 is 0. The lowest BCUT2D eigenvalue weighted by Gasteiger charge is -2.36. The molecule has 8 heteroatoms. The molecule has 1 unspecified atom stereocenters. The minimum atomic E-state index is -3.17. The van der Waals surface area contributed by atoms with Gasteiger partial charge in [-0.05, 0) is 6.42 Å². The second-order valence-electron chi connectivity index (χ2n) is 4.91. The maximum atomic E-state index is 12.2. The van der Waals surface area contributed by atoms with E-state index in [1.54, 1.807) is 4.90 Å². The maximum Gasteiger partial charge on any atom is 0.245 e. The summed E-state index contributed by atoms with van der Waals surface area (Å²) in [6.07, 6.45) is 1.71. The summed E-state index contributed by atoms with van der Waals surface area (Å²) in [5.41, 5.74) is 5.08. The lowest BCUT2D eigenvalue weighted by atomic mass is 9.98. The van der Waals surface area contributed by atoms with Gasteiger partial charge in [-0.2, -0.15) is 4.31 Å². The van der Waals surface area contributed by atoms with Crippen molar-refractivity contribution in [2.24, 2.45) is 5.73 Å². The van der Waals surface area contributed by atoms with Crippen molar-refractivity contribution in [2.45, 2.75) is 12.0 Å². The van der Waals surface area contributed by atoms with Crippen molar-refractivity contribution in [2.75, 3.05) is 45.6 Å². The Balaban J connectivity index is 1.96. The second kappa shape index (κ2) is 4.76. The lowest BCUT2D eigenvalue weighted by Crippen LogP contribution is -2.60. The monoisotopic (exact) mass is 277 g/mol. The summed E-state index contributed by atoms with van der Waals surface area (Å²) < 4.78 is 29.3. The van der Waals surface area contributed by atoms with Crippen molar-refractivity contribution in [1.29, 1.82) is 0 Å². The average molecular weight is 277 g/mol. The molecule has 7 nitrogen and oxygen atoms in total. The van der Waals surface area contributed by atoms with Crippen LogP contribution in [0.2, 0.25) is 0 Å². The van der Waals surface area contributed by atoms with Gasteiger partial charge in [-0.25, -0.2) is 8.42 Å². The number of nitrogens with two attached hydrogens (primary N) is 1. The molecule has 2 fully saturated rings. The van der Waals surface area contributed by atoms with E-state index >= 15 is 0 Å². The Morgan fingerprint density at radius 3 is 2.33 bits per heavy atom. The fourth-order valence-corrected chi connectivity index (χ4v) is 3.11. The quantitative estimate of drug-likeness (QED) is 0.643. The molecule has 0 aromatic rings. The topological polar surface area (TPSA) is 92.9 Å². The van der Waals surface area contributed by atoms with E-state index in [0.717, 1.165) is 0 Å². The zero-order chi connectivity index (χ0) is 13.4. The zero-order valence-corrected chi connectivity index (χ0v) is 11.3. The summed E-state index contributed by atoms with van der Waals surface area (Å²) in [4.78, 5) is 13.9. The molecular formula is C10H19N3O4S. The number of ether oxygens (including phenoxy) is 1. The molecule has 0 saturated carbocycles. The van der Waals surface area contributed by atoms with Gasteiger partial charge in [-0.15, -0.1) is 0 Å². The van der Waals surface area contributed by atoms with Crippen LogP contribution in [0.1, 0.15) is 6.42 Å². The van der Waals surface area contributed by atoms with Gasteiger partial charge in [0.2, 0.25) is 15.9 Å². The van der Waals surface area contributed by atoms with Crippen LogP contribution < -0.4 is 5.73 Å². The van der Waals surface area contributed by atoms with Crippen LogP contribution in [0.4, 0.5) is 0 Å². The number of sulfonamides is 1. The fourth-order valence-electron chi connectivity index (χ4n) is 2.29. The lowest BCUT2D eigenvalue weighted by molar-refractivity contribution is -0.138. The number of hydrogen-bond donors (Lipinski definition) is 1. The molecule has 0 bridgehead atoms. The summed E-state index contributed by atoms with van der Waals surface area (Å²) in [7, 11) is -3.17. The number of carbonyl (C=O) groups is 1. The van der Waals surface area contributed by atoms with Crippen molar-refractivity contribution in [3.05, 3.63) is 0 Å². The average Bonchev–Trinajstić information content (AvgIpc) is 2.75. The Kier molecular flexibility index (Phi) is 3.63. The van der Waals surface area contributed by atoms with Crippen molar-refractivity contribution >= 4 is 15.9 Å². The molecule has 18 heavy (non-hydrogen) atoms. The van der Waals surface area contributed by atoms with E-state index in [2.05, 4.69) is 0 Å². The Labute approximate surface area is 107 Å². The molecule has 0 spiro atoms. The summed E-state index contributed by atoms with van der Waals surface area (Å²) in [6, 6.07) is 0. The Morgan fingerprint density at radius 1 is 1.28 bits per heavy atom. The molecule has 0 aliphatic carbocycles. The highest BCUT2D eigenvalue weighted by Crippen LogP contribution is 2.19. The number of hydrogen-bond acceptors (Lipinski definition) is 5. The van der Waals surface area contributed by atoms with Crippen LogP contribution in [-0.4, -0.2) is 74.7 Å². The van der Waals surface area contributed by atoms with E-state index in [1.807, 2.05) is 0 Å². The predicted octanol–water partition coefficient (Wildman–Crippen LogP) is -1.79. The van der Waals surface area contributed by atoms with Crippen LogP contribution in [0.5, 0.6) is 0 Å². The molecule has 0 aromatic carbocycles. The minimum Gasteiger partial charge on any atom is -0.379 e. The third kappa shape index (κ3) is 2.66. The van der Waals surface area contributed by atoms with Crippen molar-refractivity contribution < 1.29 is 17.9 Å². The highest BCUT2D eigenvalue weighted by atomic mass is 32.2. The highest BCUT2D eigenvalue weighted by molar-refractivity contribution is 7.88. The van der Waals surface area contributed by atoms with Crippen LogP contribution >= 0.6 is 0 Å². The molecule has 0 radical (unpaired) electrons. The summed E-state index contributed by atoms with van der Waals surface area (Å²) in [5, 5.41) is 0. The Morgan fingerprint density at radius 2 is 1.89 bits per heavy atom. The van der Waals surface area contributed by atoms with Crippen LogP contribution in [0.15, 0.2) is 0 Å². The van der Waals surface area contributed by atoms with Gasteiger partial charge < -0.3 is 15.4 Å². The zero-order valence-electron chi connectivity index (χ0n) is 10.5. The first-order chi connectivity index (χ1) is 8.33. The standard InChI is InChI=1S/C10H19N3O4S/c1-18(15,16)13-5-3-12(4-6-13)9(14)10(11)2-7-17-8-10/h2-8,11H2,1H3. The van der Waals surface area contributed by atoms with Crippen LogP contribution in [0, 0.1) is 0 Å². The Hall–Kier alpha value is -0.700. The highest BCUT2D eigenvalue weighted by Gasteiger charge is 2.42. The molecule has 2 saturated heterocycles. The van der Waals surface area contributed by atoms with Crippen LogP contribution in [0.3, 0.4) is 0 Å². The molecular weight excluding hydrogens is 258 g/mol. The fraction of sp³-hybridized carbons (Fsp3) is 0.900. The first-order valence-electron chi connectivity index (χ1n) is 5.94. The second-order valence-corrected chi connectivity index (χ2v) is 6.90. The molecule has 1 amide bonds. The van der Waals surface area contributed by atoms with Gasteiger partial charge in [0, 0.05) is 32.8 Å². The number of piperazine rings is 1. The van der Waals surface area contributed by atoms with Gasteiger partial charge in [0.1, 0.15) is 5.54 Å². The Bertz CT molecular complexity index is 422. The molecule has 2 rings (SSSR count). The first kappa shape index (κ1) is 13.7. The van der Waals surface area contributed by atoms with Crippen LogP contribution in [-0.2, 0) is 19.6 Å². The molecule has 1 atom stereocenters. The summed E-state index contributed by atoms with van der Waals surface area (Å²) in [5.74, 6) is -0.131. The number of carbonyl (C=O) groups excluding carboxylic acids is 1. The van der Waals surface area contributed by atoms with Crippen molar-refractivity contribution in [1.82, 2.24) is 9.21 Å². The maximum absolute atomic E-state index is 12.2. The largest absolute Gasteiger partial charge is 0.379 e. The van der Waals surface area contributed by atoms with Gasteiger partial charge in [0.25, 0.3) is 0 Å². The summed E-state index contributed by atoms with van der Waals surface area (Å²) in [6.45, 7) is 2.21. The third-order valence-electron chi connectivity index (χ3n) is 3.47. The molecule has 2 aliphatic rings. The molecule has 0 aromatic heterocycles. The van der Waals surface area contributed by atoms with E-state index < -0.39 is 15.6 Å². The molecule has 2 aliphatic heterocycles. The number of nitrogens with zero attached hydrogens (tertiary/aromatic N) is 2. The number of rotatable bonds is 2. The van der Waals surface area contributed by atoms with E-state index in [1.165, 1.54) is 10.6 Å². The number of amides is 1. The van der Waals surface area contributed by atoms with Crippen LogP contribution in [0.25, 0.3) is 0 Å². The first-order valence-corrected chi connectivity index (χ1v) is 7.79. The van der Waals surface area contributed by atoms with Crippen molar-refractivity contribution in [3.63, 3.8) is 0 Å². The van der Waals surface area contributed by atoms with Gasteiger partial charge in [-0.3, -0.25) is 4.79 Å². The van der Waals surface area contributed by atoms with Gasteiger partial charge in [-0.1, -0.05) is 0 Å². The van der Waals surface area contributed by atoms with E-state index in [0.29, 0.717) is 39.2 Å². The minimum absolute atomic E-state index is 0.131. The van der Waals surface area contributed by atoms with Gasteiger partial charge >= 0.3 is 0 Å². The molecule has 104 valence electrons. The van der Waals surface area contributed by atoms with Crippen molar-refractivity contribution in [3.8, 4) is 0 Å². The van der Waals surface area contributed by atoms with Gasteiger partial charge in [0.05, 0.1) is 12.9 Å². The molecule has 2 heterocycles. The normalized spacial score (nSPS) is 30.7.